The van der Waals surface area contributed by atoms with Gasteiger partial charge < -0.3 is 0 Å². The maximum Gasteiger partial charge on any atom is 0.243 e. The van der Waals surface area contributed by atoms with Crippen LogP contribution in [0.5, 0.6) is 0 Å². The second-order valence-corrected chi connectivity index (χ2v) is 4.28. The van der Waals surface area contributed by atoms with Crippen molar-refractivity contribution in [3.63, 3.8) is 0 Å². The molecule has 0 saturated heterocycles. The Labute approximate surface area is 105 Å². The van der Waals surface area contributed by atoms with Gasteiger partial charge >= 0.3 is 0 Å². The molecule has 1 N–H and O–H groups in total. The van der Waals surface area contributed by atoms with E-state index in [9.17, 15) is 9.59 Å². The molecule has 0 atom stereocenters. The lowest BCUT2D eigenvalue weighted by Crippen LogP contribution is -2.46. The average molecular weight is 242 g/mol. The van der Waals surface area contributed by atoms with Crippen molar-refractivity contribution in [2.45, 2.75) is 65.7 Å². The monoisotopic (exact) mass is 242 g/mol. The second-order valence-electron chi connectivity index (χ2n) is 4.28. The molecule has 4 nitrogen and oxygen atoms in total. The van der Waals surface area contributed by atoms with Gasteiger partial charge in [0.15, 0.2) is 0 Å². The van der Waals surface area contributed by atoms with Crippen molar-refractivity contribution in [3.8, 4) is 0 Å². The van der Waals surface area contributed by atoms with E-state index in [1.165, 1.54) is 32.6 Å². The molecule has 0 bridgehead atoms. The Morgan fingerprint density at radius 3 is 2.12 bits per heavy atom. The van der Waals surface area contributed by atoms with Gasteiger partial charge in [0.2, 0.25) is 11.8 Å². The van der Waals surface area contributed by atoms with Crippen LogP contribution in [0.2, 0.25) is 0 Å². The third-order valence-corrected chi connectivity index (χ3v) is 2.67. The van der Waals surface area contributed by atoms with Crippen LogP contribution in [0.25, 0.3) is 0 Å². The Balaban J connectivity index is 3.62. The van der Waals surface area contributed by atoms with E-state index < -0.39 is 0 Å². The molecule has 0 spiro atoms. The first-order valence-corrected chi connectivity index (χ1v) is 6.70. The van der Waals surface area contributed by atoms with Crippen LogP contribution in [0, 0.1) is 0 Å². The number of nitrogens with one attached hydrogen (secondary N) is 1. The number of nitrogens with zero attached hydrogens (tertiary/aromatic N) is 1. The molecule has 0 unspecified atom stereocenters. The van der Waals surface area contributed by atoms with Crippen molar-refractivity contribution in [2.24, 2.45) is 0 Å². The van der Waals surface area contributed by atoms with Crippen molar-refractivity contribution in [2.75, 3.05) is 6.54 Å². The predicted octanol–water partition coefficient (Wildman–Crippen LogP) is 2.64. The Hall–Kier alpha value is -0.900. The van der Waals surface area contributed by atoms with Crippen molar-refractivity contribution in [1.29, 1.82) is 0 Å². The lowest BCUT2D eigenvalue weighted by molar-refractivity contribution is -0.147. The number of hydrazine groups is 1. The molecule has 0 fully saturated rings. The van der Waals surface area contributed by atoms with Crippen LogP contribution < -0.4 is 5.43 Å². The van der Waals surface area contributed by atoms with Crippen LogP contribution in [-0.2, 0) is 9.59 Å². The highest BCUT2D eigenvalue weighted by atomic mass is 16.2. The van der Waals surface area contributed by atoms with Gasteiger partial charge in [0.25, 0.3) is 0 Å². The number of unbranched alkanes of at least 4 members (excludes halogenated alkanes) is 5. The van der Waals surface area contributed by atoms with Crippen molar-refractivity contribution < 1.29 is 9.59 Å². The Kier molecular flexibility index (Phi) is 9.72. The molecule has 0 aromatic heterocycles. The first kappa shape index (κ1) is 16.1. The lowest BCUT2D eigenvalue weighted by Gasteiger charge is -2.19. The summed E-state index contributed by atoms with van der Waals surface area (Å²) in [6.45, 7) is 6.05. The van der Waals surface area contributed by atoms with Crippen LogP contribution in [0.4, 0.5) is 0 Å². The van der Waals surface area contributed by atoms with Crippen molar-refractivity contribution >= 4 is 11.8 Å². The van der Waals surface area contributed by atoms with Gasteiger partial charge in [-0.25, -0.2) is 10.4 Å². The van der Waals surface area contributed by atoms with Crippen molar-refractivity contribution in [1.82, 2.24) is 10.4 Å². The van der Waals surface area contributed by atoms with Gasteiger partial charge in [0, 0.05) is 19.9 Å². The molecule has 0 aromatic rings. The normalized spacial score (nSPS) is 10.3. The maximum atomic E-state index is 11.4. The zero-order valence-corrected chi connectivity index (χ0v) is 11.4. The first-order chi connectivity index (χ1) is 8.13. The smallest absolute Gasteiger partial charge is 0.243 e. The number of hydrogen-bond donors (Lipinski definition) is 1. The van der Waals surface area contributed by atoms with Crippen LogP contribution in [-0.4, -0.2) is 23.4 Å². The number of amides is 2. The SMILES string of the molecule is CCCCCCCCNN(C(C)=O)C(=O)CC. The molecule has 0 heterocycles. The molecule has 0 aliphatic heterocycles. The Morgan fingerprint density at radius 1 is 1.00 bits per heavy atom. The standard InChI is InChI=1S/C13H26N2O2/c1-4-6-7-8-9-10-11-14-15(12(3)16)13(17)5-2/h14H,4-11H2,1-3H3. The van der Waals surface area contributed by atoms with Crippen molar-refractivity contribution in [3.05, 3.63) is 0 Å². The van der Waals surface area contributed by atoms with Gasteiger partial charge in [-0.05, 0) is 6.42 Å². The van der Waals surface area contributed by atoms with E-state index in [0.717, 1.165) is 17.9 Å². The van der Waals surface area contributed by atoms with Gasteiger partial charge in [-0.15, -0.1) is 0 Å². The molecule has 17 heavy (non-hydrogen) atoms. The summed E-state index contributed by atoms with van der Waals surface area (Å²) in [4.78, 5) is 22.6. The summed E-state index contributed by atoms with van der Waals surface area (Å²) in [5, 5.41) is 1.13. The number of imide groups is 1. The molecular weight excluding hydrogens is 216 g/mol. The third kappa shape index (κ3) is 7.91. The minimum absolute atomic E-state index is 0.163. The summed E-state index contributed by atoms with van der Waals surface area (Å²) >= 11 is 0. The van der Waals surface area contributed by atoms with E-state index in [-0.39, 0.29) is 11.8 Å². The highest BCUT2D eigenvalue weighted by Gasteiger charge is 2.14. The Bertz CT molecular complexity index is 229. The van der Waals surface area contributed by atoms with E-state index in [0.29, 0.717) is 13.0 Å². The quantitative estimate of drug-likeness (QED) is 0.499. The summed E-state index contributed by atoms with van der Waals surface area (Å²) in [5.41, 5.74) is 2.90. The van der Waals surface area contributed by atoms with Gasteiger partial charge in [0.05, 0.1) is 0 Å². The van der Waals surface area contributed by atoms with Gasteiger partial charge in [-0.1, -0.05) is 46.0 Å². The molecule has 0 radical (unpaired) electrons. The van der Waals surface area contributed by atoms with E-state index in [1.54, 1.807) is 6.92 Å². The molecule has 0 saturated carbocycles. The molecule has 0 aliphatic rings. The summed E-state index contributed by atoms with van der Waals surface area (Å²) < 4.78 is 0. The van der Waals surface area contributed by atoms with Crippen LogP contribution in [0.15, 0.2) is 0 Å². The van der Waals surface area contributed by atoms with Gasteiger partial charge in [-0.2, -0.15) is 0 Å². The largest absolute Gasteiger partial charge is 0.273 e. The molecular formula is C13H26N2O2. The van der Waals surface area contributed by atoms with E-state index in [4.69, 9.17) is 0 Å². The molecule has 0 rings (SSSR count). The predicted molar refractivity (Wildman–Crippen MR) is 69.2 cm³/mol. The topological polar surface area (TPSA) is 49.4 Å². The number of hydrogen-bond acceptors (Lipinski definition) is 3. The van der Waals surface area contributed by atoms with E-state index in [1.807, 2.05) is 0 Å². The first-order valence-electron chi connectivity index (χ1n) is 6.70. The molecule has 0 aromatic carbocycles. The van der Waals surface area contributed by atoms with Gasteiger partial charge in [-0.3, -0.25) is 9.59 Å². The Morgan fingerprint density at radius 2 is 1.59 bits per heavy atom. The fourth-order valence-corrected chi connectivity index (χ4v) is 1.63. The molecule has 100 valence electrons. The molecule has 4 heteroatoms. The average Bonchev–Trinajstić information content (AvgIpc) is 2.31. The van der Waals surface area contributed by atoms with Gasteiger partial charge in [0.1, 0.15) is 0 Å². The number of carbonyl (C=O) groups is 2. The fraction of sp³-hybridized carbons (Fsp3) is 0.846. The summed E-state index contributed by atoms with van der Waals surface area (Å²) in [7, 11) is 0. The third-order valence-electron chi connectivity index (χ3n) is 2.67. The fourth-order valence-electron chi connectivity index (χ4n) is 1.63. The highest BCUT2D eigenvalue weighted by molar-refractivity contribution is 5.93. The minimum atomic E-state index is -0.233. The molecule has 0 aliphatic carbocycles. The summed E-state index contributed by atoms with van der Waals surface area (Å²) in [5.74, 6) is -0.397. The highest BCUT2D eigenvalue weighted by Crippen LogP contribution is 2.04. The van der Waals surface area contributed by atoms with Crippen LogP contribution in [0.1, 0.15) is 65.7 Å². The molecule has 2 amide bonds. The van der Waals surface area contributed by atoms with E-state index >= 15 is 0 Å². The lowest BCUT2D eigenvalue weighted by atomic mass is 10.1. The van der Waals surface area contributed by atoms with E-state index in [2.05, 4.69) is 12.3 Å². The number of carbonyl (C=O) groups excluding carboxylic acids is 2. The number of rotatable bonds is 9. The second kappa shape index (κ2) is 10.3. The summed E-state index contributed by atoms with van der Waals surface area (Å²) in [6.07, 6.45) is 7.56. The minimum Gasteiger partial charge on any atom is -0.273 e. The zero-order valence-electron chi connectivity index (χ0n) is 11.4. The maximum absolute atomic E-state index is 11.4. The summed E-state index contributed by atoms with van der Waals surface area (Å²) in [6, 6.07) is 0. The zero-order chi connectivity index (χ0) is 13.1. The van der Waals surface area contributed by atoms with Crippen LogP contribution in [0.3, 0.4) is 0 Å². The van der Waals surface area contributed by atoms with Crippen LogP contribution >= 0.6 is 0 Å².